The Morgan fingerprint density at radius 3 is 2.76 bits per heavy atom. The molecule has 1 heterocycles. The molecule has 94 valence electrons. The highest BCUT2D eigenvalue weighted by molar-refractivity contribution is 5.90. The molecular weight excluding hydrogens is 218 g/mol. The quantitative estimate of drug-likeness (QED) is 0.803. The van der Waals surface area contributed by atoms with Crippen molar-refractivity contribution in [3.05, 3.63) is 12.2 Å². The van der Waals surface area contributed by atoms with Crippen molar-refractivity contribution in [2.75, 3.05) is 6.54 Å². The lowest BCUT2D eigenvalue weighted by Gasteiger charge is -2.34. The Bertz CT molecular complexity index is 356. The molecule has 17 heavy (non-hydrogen) atoms. The first-order valence-corrected chi connectivity index (χ1v) is 6.14. The molecule has 1 fully saturated rings. The van der Waals surface area contributed by atoms with Gasteiger partial charge in [-0.05, 0) is 32.6 Å². The molecule has 6 nitrogen and oxygen atoms in total. The molecule has 0 spiro atoms. The van der Waals surface area contributed by atoms with Gasteiger partial charge in [-0.1, -0.05) is 0 Å². The predicted octanol–water partition coefficient (Wildman–Crippen LogP) is 0.537. The van der Waals surface area contributed by atoms with Crippen LogP contribution in [0, 0.1) is 0 Å². The van der Waals surface area contributed by atoms with Gasteiger partial charge in [0.25, 0.3) is 5.91 Å². The van der Waals surface area contributed by atoms with Crippen LogP contribution < -0.4 is 5.73 Å². The summed E-state index contributed by atoms with van der Waals surface area (Å²) in [5.74, 6) is 0.257. The molecule has 6 heteroatoms. The molecular formula is C11H19N5O. The molecule has 0 radical (unpaired) electrons. The maximum atomic E-state index is 12.2. The summed E-state index contributed by atoms with van der Waals surface area (Å²) in [6, 6.07) is 0.586. The lowest BCUT2D eigenvalue weighted by molar-refractivity contribution is 0.0628. The van der Waals surface area contributed by atoms with E-state index in [1.165, 1.54) is 6.33 Å². The molecule has 1 amide bonds. The van der Waals surface area contributed by atoms with Crippen LogP contribution in [0.1, 0.15) is 43.2 Å². The van der Waals surface area contributed by atoms with E-state index in [0.717, 1.165) is 25.7 Å². The van der Waals surface area contributed by atoms with Gasteiger partial charge in [-0.2, -0.15) is 5.10 Å². The zero-order valence-corrected chi connectivity index (χ0v) is 10.1. The van der Waals surface area contributed by atoms with Crippen molar-refractivity contribution >= 4 is 5.91 Å². The van der Waals surface area contributed by atoms with Crippen molar-refractivity contribution in [3.8, 4) is 0 Å². The second-order valence-corrected chi connectivity index (χ2v) is 4.49. The fourth-order valence-corrected chi connectivity index (χ4v) is 2.43. The van der Waals surface area contributed by atoms with E-state index in [1.807, 2.05) is 11.8 Å². The van der Waals surface area contributed by atoms with Crippen LogP contribution in [0.15, 0.2) is 6.33 Å². The van der Waals surface area contributed by atoms with Gasteiger partial charge in [-0.3, -0.25) is 9.89 Å². The molecule has 0 aromatic carbocycles. The lowest BCUT2D eigenvalue weighted by atomic mass is 9.90. The minimum absolute atomic E-state index is 0.0644. The fraction of sp³-hybridized carbons (Fsp3) is 0.727. The highest BCUT2D eigenvalue weighted by Crippen LogP contribution is 2.22. The van der Waals surface area contributed by atoms with Gasteiger partial charge in [-0.15, -0.1) is 0 Å². The summed E-state index contributed by atoms with van der Waals surface area (Å²) in [6.45, 7) is 2.68. The Balaban J connectivity index is 2.03. The largest absolute Gasteiger partial charge is 0.333 e. The van der Waals surface area contributed by atoms with Crippen molar-refractivity contribution in [2.45, 2.75) is 44.7 Å². The van der Waals surface area contributed by atoms with Gasteiger partial charge in [-0.25, -0.2) is 4.98 Å². The molecule has 1 aliphatic rings. The maximum Gasteiger partial charge on any atom is 0.291 e. The van der Waals surface area contributed by atoms with Crippen LogP contribution in [-0.4, -0.2) is 44.6 Å². The van der Waals surface area contributed by atoms with E-state index in [-0.39, 0.29) is 11.9 Å². The maximum absolute atomic E-state index is 12.2. The average molecular weight is 237 g/mol. The highest BCUT2D eigenvalue weighted by atomic mass is 16.2. The van der Waals surface area contributed by atoms with Crippen LogP contribution in [0.25, 0.3) is 0 Å². The third-order valence-corrected chi connectivity index (χ3v) is 3.40. The van der Waals surface area contributed by atoms with Gasteiger partial charge < -0.3 is 10.6 Å². The number of carbonyl (C=O) groups is 1. The Kier molecular flexibility index (Phi) is 3.73. The fourth-order valence-electron chi connectivity index (χ4n) is 2.43. The monoisotopic (exact) mass is 237 g/mol. The normalized spacial score (nSPS) is 24.6. The second-order valence-electron chi connectivity index (χ2n) is 4.49. The van der Waals surface area contributed by atoms with E-state index in [1.54, 1.807) is 0 Å². The summed E-state index contributed by atoms with van der Waals surface area (Å²) < 4.78 is 0. The van der Waals surface area contributed by atoms with Crippen LogP contribution in [-0.2, 0) is 0 Å². The van der Waals surface area contributed by atoms with E-state index < -0.39 is 0 Å². The Labute approximate surface area is 101 Å². The van der Waals surface area contributed by atoms with E-state index in [4.69, 9.17) is 5.73 Å². The van der Waals surface area contributed by atoms with Gasteiger partial charge in [0.1, 0.15) is 6.33 Å². The summed E-state index contributed by atoms with van der Waals surface area (Å²) in [6.07, 6.45) is 5.30. The summed E-state index contributed by atoms with van der Waals surface area (Å²) >= 11 is 0. The predicted molar refractivity (Wildman–Crippen MR) is 63.3 cm³/mol. The van der Waals surface area contributed by atoms with Crippen molar-refractivity contribution in [1.82, 2.24) is 20.1 Å². The number of aromatic nitrogens is 3. The molecule has 1 aliphatic carbocycles. The van der Waals surface area contributed by atoms with Crippen LogP contribution in [0.2, 0.25) is 0 Å². The summed E-state index contributed by atoms with van der Waals surface area (Å²) in [7, 11) is 0. The number of nitrogens with two attached hydrogens (primary N) is 1. The molecule has 0 unspecified atom stereocenters. The number of nitrogens with one attached hydrogen (secondary N) is 1. The SMILES string of the molecule is CCN(C(=O)c1ncn[nH]1)C1CCC(N)CC1. The summed E-state index contributed by atoms with van der Waals surface area (Å²) in [5, 5.41) is 6.34. The molecule has 1 saturated carbocycles. The van der Waals surface area contributed by atoms with Crippen molar-refractivity contribution in [1.29, 1.82) is 0 Å². The topological polar surface area (TPSA) is 87.9 Å². The van der Waals surface area contributed by atoms with Crippen LogP contribution in [0.5, 0.6) is 0 Å². The van der Waals surface area contributed by atoms with Gasteiger partial charge in [0.15, 0.2) is 0 Å². The molecule has 0 aliphatic heterocycles. The number of hydrogen-bond acceptors (Lipinski definition) is 4. The number of H-pyrrole nitrogens is 1. The van der Waals surface area contributed by atoms with Crippen molar-refractivity contribution in [3.63, 3.8) is 0 Å². The Morgan fingerprint density at radius 1 is 1.53 bits per heavy atom. The number of hydrogen-bond donors (Lipinski definition) is 2. The van der Waals surface area contributed by atoms with Crippen LogP contribution in [0.4, 0.5) is 0 Å². The number of amides is 1. The van der Waals surface area contributed by atoms with Crippen molar-refractivity contribution < 1.29 is 4.79 Å². The third-order valence-electron chi connectivity index (χ3n) is 3.40. The Morgan fingerprint density at radius 2 is 2.24 bits per heavy atom. The summed E-state index contributed by atoms with van der Waals surface area (Å²) in [4.78, 5) is 18.0. The average Bonchev–Trinajstić information content (AvgIpc) is 2.86. The first kappa shape index (κ1) is 12.0. The van der Waals surface area contributed by atoms with Crippen molar-refractivity contribution in [2.24, 2.45) is 5.73 Å². The minimum atomic E-state index is -0.0644. The highest BCUT2D eigenvalue weighted by Gasteiger charge is 2.28. The zero-order chi connectivity index (χ0) is 12.3. The molecule has 0 saturated heterocycles. The van der Waals surface area contributed by atoms with Crippen LogP contribution in [0.3, 0.4) is 0 Å². The van der Waals surface area contributed by atoms with Gasteiger partial charge in [0.05, 0.1) is 0 Å². The van der Waals surface area contributed by atoms with Gasteiger partial charge in [0, 0.05) is 18.6 Å². The van der Waals surface area contributed by atoms with Gasteiger partial charge >= 0.3 is 0 Å². The van der Waals surface area contributed by atoms with E-state index in [2.05, 4.69) is 15.2 Å². The standard InChI is InChI=1S/C11H19N5O/c1-2-16(9-5-3-8(12)4-6-9)11(17)10-13-7-14-15-10/h7-9H,2-6,12H2,1H3,(H,13,14,15). The number of aromatic amines is 1. The zero-order valence-electron chi connectivity index (χ0n) is 10.1. The molecule has 0 atom stereocenters. The first-order chi connectivity index (χ1) is 8.22. The van der Waals surface area contributed by atoms with E-state index in [9.17, 15) is 4.79 Å². The first-order valence-electron chi connectivity index (χ1n) is 6.14. The van der Waals surface area contributed by atoms with E-state index in [0.29, 0.717) is 18.4 Å². The van der Waals surface area contributed by atoms with Crippen LogP contribution >= 0.6 is 0 Å². The lowest BCUT2D eigenvalue weighted by Crippen LogP contribution is -2.44. The van der Waals surface area contributed by atoms with Gasteiger partial charge in [0.2, 0.25) is 5.82 Å². The molecule has 3 N–H and O–H groups in total. The molecule has 0 bridgehead atoms. The number of nitrogens with zero attached hydrogens (tertiary/aromatic N) is 3. The summed E-state index contributed by atoms with van der Waals surface area (Å²) in [5.41, 5.74) is 5.88. The molecule has 1 aromatic rings. The number of carbonyl (C=O) groups excluding carboxylic acids is 1. The minimum Gasteiger partial charge on any atom is -0.333 e. The Hall–Kier alpha value is -1.43. The molecule has 2 rings (SSSR count). The molecule has 1 aromatic heterocycles. The van der Waals surface area contributed by atoms with E-state index >= 15 is 0 Å². The second kappa shape index (κ2) is 5.27. The number of rotatable bonds is 3. The smallest absolute Gasteiger partial charge is 0.291 e. The third kappa shape index (κ3) is 2.63.